The van der Waals surface area contributed by atoms with Crippen LogP contribution in [-0.4, -0.2) is 53.9 Å². The predicted molar refractivity (Wildman–Crippen MR) is 50.0 cm³/mol. The molecule has 12 heavy (non-hydrogen) atoms. The van der Waals surface area contributed by atoms with E-state index in [2.05, 4.69) is 23.6 Å². The molecule has 3 nitrogen and oxygen atoms in total. The summed E-state index contributed by atoms with van der Waals surface area (Å²) in [5, 5.41) is 8.92. The molecule has 0 bridgehead atoms. The Kier molecular flexibility index (Phi) is 3.98. The normalized spacial score (nSPS) is 25.5. The van der Waals surface area contributed by atoms with E-state index < -0.39 is 0 Å². The van der Waals surface area contributed by atoms with Crippen molar-refractivity contribution in [1.29, 1.82) is 0 Å². The van der Waals surface area contributed by atoms with Crippen LogP contribution >= 0.6 is 0 Å². The van der Waals surface area contributed by atoms with Gasteiger partial charge < -0.3 is 5.11 Å². The van der Waals surface area contributed by atoms with Crippen LogP contribution in [0.15, 0.2) is 0 Å². The third-order valence-electron chi connectivity index (χ3n) is 2.78. The van der Waals surface area contributed by atoms with Gasteiger partial charge in [-0.3, -0.25) is 9.80 Å². The first kappa shape index (κ1) is 9.96. The van der Waals surface area contributed by atoms with E-state index in [0.29, 0.717) is 6.04 Å². The molecule has 0 aliphatic carbocycles. The van der Waals surface area contributed by atoms with Crippen molar-refractivity contribution in [3.63, 3.8) is 0 Å². The molecule has 0 radical (unpaired) electrons. The van der Waals surface area contributed by atoms with Gasteiger partial charge in [-0.25, -0.2) is 0 Å². The number of aliphatic hydroxyl groups excluding tert-OH is 1. The number of nitrogens with zero attached hydrogens (tertiary/aromatic N) is 2. The molecule has 72 valence electrons. The summed E-state index contributed by atoms with van der Waals surface area (Å²) >= 11 is 0. The van der Waals surface area contributed by atoms with Gasteiger partial charge in [0.2, 0.25) is 0 Å². The van der Waals surface area contributed by atoms with E-state index in [9.17, 15) is 0 Å². The molecule has 1 rings (SSSR count). The molecule has 1 heterocycles. The Labute approximate surface area is 75.0 Å². The molecule has 1 fully saturated rings. The SMILES string of the molecule is CCN(CC)C1CCN(CO)C1. The molecule has 1 N–H and O–H groups in total. The van der Waals surface area contributed by atoms with E-state index >= 15 is 0 Å². The smallest absolute Gasteiger partial charge is 0.0957 e. The zero-order valence-electron chi connectivity index (χ0n) is 8.16. The lowest BCUT2D eigenvalue weighted by Gasteiger charge is -2.25. The molecule has 0 aromatic carbocycles. The molecule has 1 saturated heterocycles. The van der Waals surface area contributed by atoms with Crippen molar-refractivity contribution in [3.8, 4) is 0 Å². The molecule has 0 saturated carbocycles. The fourth-order valence-corrected chi connectivity index (χ4v) is 1.98. The van der Waals surface area contributed by atoms with Gasteiger partial charge in [-0.1, -0.05) is 13.8 Å². The summed E-state index contributed by atoms with van der Waals surface area (Å²) in [6, 6.07) is 0.673. The third kappa shape index (κ3) is 2.19. The van der Waals surface area contributed by atoms with Gasteiger partial charge in [-0.15, -0.1) is 0 Å². The first-order valence-electron chi connectivity index (χ1n) is 4.89. The van der Waals surface area contributed by atoms with Crippen LogP contribution in [0.2, 0.25) is 0 Å². The number of likely N-dealkylation sites (N-methyl/N-ethyl adjacent to an activating group) is 1. The molecule has 1 unspecified atom stereocenters. The Morgan fingerprint density at radius 1 is 1.42 bits per heavy atom. The monoisotopic (exact) mass is 172 g/mol. The number of likely N-dealkylation sites (tertiary alicyclic amines) is 1. The van der Waals surface area contributed by atoms with Crippen LogP contribution in [0.1, 0.15) is 20.3 Å². The van der Waals surface area contributed by atoms with Crippen LogP contribution in [0.25, 0.3) is 0 Å². The van der Waals surface area contributed by atoms with Crippen LogP contribution in [0.5, 0.6) is 0 Å². The van der Waals surface area contributed by atoms with Crippen molar-refractivity contribution in [1.82, 2.24) is 9.80 Å². The Morgan fingerprint density at radius 3 is 2.50 bits per heavy atom. The molecule has 0 amide bonds. The van der Waals surface area contributed by atoms with E-state index in [1.54, 1.807) is 0 Å². The number of hydrogen-bond acceptors (Lipinski definition) is 3. The quantitative estimate of drug-likeness (QED) is 0.663. The summed E-state index contributed by atoms with van der Waals surface area (Å²) in [4.78, 5) is 4.57. The van der Waals surface area contributed by atoms with Gasteiger partial charge >= 0.3 is 0 Å². The summed E-state index contributed by atoms with van der Waals surface area (Å²) in [5.41, 5.74) is 0. The Bertz CT molecular complexity index is 126. The molecule has 3 heteroatoms. The second-order valence-corrected chi connectivity index (χ2v) is 3.38. The average molecular weight is 172 g/mol. The van der Waals surface area contributed by atoms with Crippen molar-refractivity contribution < 1.29 is 5.11 Å². The highest BCUT2D eigenvalue weighted by molar-refractivity contribution is 4.81. The molecule has 0 aromatic rings. The van der Waals surface area contributed by atoms with Crippen molar-refractivity contribution in [2.24, 2.45) is 0 Å². The topological polar surface area (TPSA) is 26.7 Å². The van der Waals surface area contributed by atoms with E-state index in [4.69, 9.17) is 5.11 Å². The van der Waals surface area contributed by atoms with Gasteiger partial charge in [0.25, 0.3) is 0 Å². The Balaban J connectivity index is 2.34. The zero-order valence-corrected chi connectivity index (χ0v) is 8.16. The van der Waals surface area contributed by atoms with Gasteiger partial charge in [0.1, 0.15) is 0 Å². The Morgan fingerprint density at radius 2 is 2.08 bits per heavy atom. The highest BCUT2D eigenvalue weighted by atomic mass is 16.3. The number of rotatable bonds is 4. The summed E-state index contributed by atoms with van der Waals surface area (Å²) in [6.07, 6.45) is 1.21. The van der Waals surface area contributed by atoms with Crippen LogP contribution in [0.4, 0.5) is 0 Å². The van der Waals surface area contributed by atoms with Gasteiger partial charge in [0.05, 0.1) is 6.73 Å². The molecule has 0 aromatic heterocycles. The highest BCUT2D eigenvalue weighted by Crippen LogP contribution is 2.13. The van der Waals surface area contributed by atoms with Gasteiger partial charge in [-0.2, -0.15) is 0 Å². The van der Waals surface area contributed by atoms with E-state index in [0.717, 1.165) is 26.2 Å². The molecule has 1 aliphatic rings. The molecule has 1 atom stereocenters. The van der Waals surface area contributed by atoms with E-state index in [-0.39, 0.29) is 6.73 Å². The third-order valence-corrected chi connectivity index (χ3v) is 2.78. The van der Waals surface area contributed by atoms with Crippen molar-refractivity contribution >= 4 is 0 Å². The van der Waals surface area contributed by atoms with Gasteiger partial charge in [0.15, 0.2) is 0 Å². The highest BCUT2D eigenvalue weighted by Gasteiger charge is 2.24. The van der Waals surface area contributed by atoms with Gasteiger partial charge in [0, 0.05) is 19.1 Å². The average Bonchev–Trinajstić information content (AvgIpc) is 2.55. The maximum absolute atomic E-state index is 8.92. The predicted octanol–water partition coefficient (Wildman–Crippen LogP) is 0.352. The molecule has 0 spiro atoms. The maximum atomic E-state index is 8.92. The summed E-state index contributed by atoms with van der Waals surface area (Å²) in [5.74, 6) is 0. The maximum Gasteiger partial charge on any atom is 0.0957 e. The van der Waals surface area contributed by atoms with Crippen LogP contribution in [0, 0.1) is 0 Å². The van der Waals surface area contributed by atoms with E-state index in [1.807, 2.05) is 0 Å². The minimum atomic E-state index is 0.220. The molecular formula is C9H20N2O. The fourth-order valence-electron chi connectivity index (χ4n) is 1.98. The Hall–Kier alpha value is -0.120. The minimum Gasteiger partial charge on any atom is -0.381 e. The van der Waals surface area contributed by atoms with Crippen LogP contribution < -0.4 is 0 Å². The molecular weight excluding hydrogens is 152 g/mol. The van der Waals surface area contributed by atoms with Crippen molar-refractivity contribution in [2.45, 2.75) is 26.3 Å². The summed E-state index contributed by atoms with van der Waals surface area (Å²) < 4.78 is 0. The lowest BCUT2D eigenvalue weighted by atomic mass is 10.2. The standard InChI is InChI=1S/C9H20N2O/c1-3-11(4-2)9-5-6-10(7-9)8-12/h9,12H,3-8H2,1-2H3. The van der Waals surface area contributed by atoms with Gasteiger partial charge in [-0.05, 0) is 19.5 Å². The first-order valence-corrected chi connectivity index (χ1v) is 4.89. The fraction of sp³-hybridized carbons (Fsp3) is 1.00. The lowest BCUT2D eigenvalue weighted by molar-refractivity contribution is 0.118. The second kappa shape index (κ2) is 4.80. The van der Waals surface area contributed by atoms with Crippen molar-refractivity contribution in [3.05, 3.63) is 0 Å². The summed E-state index contributed by atoms with van der Waals surface area (Å²) in [6.45, 7) is 8.96. The zero-order chi connectivity index (χ0) is 8.97. The minimum absolute atomic E-state index is 0.220. The molecule has 1 aliphatic heterocycles. The largest absolute Gasteiger partial charge is 0.381 e. The first-order chi connectivity index (χ1) is 5.81. The van der Waals surface area contributed by atoms with Crippen molar-refractivity contribution in [2.75, 3.05) is 32.9 Å². The van der Waals surface area contributed by atoms with Crippen LogP contribution in [0.3, 0.4) is 0 Å². The van der Waals surface area contributed by atoms with Crippen LogP contribution in [-0.2, 0) is 0 Å². The lowest BCUT2D eigenvalue weighted by Crippen LogP contribution is -2.37. The second-order valence-electron chi connectivity index (χ2n) is 3.38. The number of aliphatic hydroxyl groups is 1. The van der Waals surface area contributed by atoms with E-state index in [1.165, 1.54) is 6.42 Å². The number of hydrogen-bond donors (Lipinski definition) is 1. The summed E-state index contributed by atoms with van der Waals surface area (Å²) in [7, 11) is 0.